The lowest BCUT2D eigenvalue weighted by molar-refractivity contribution is 0.308. The highest BCUT2D eigenvalue weighted by Gasteiger charge is 2.32. The zero-order valence-corrected chi connectivity index (χ0v) is 10.9. The third kappa shape index (κ3) is 6.16. The summed E-state index contributed by atoms with van der Waals surface area (Å²) in [6.07, 6.45) is 2.74. The van der Waals surface area contributed by atoms with E-state index in [1.165, 1.54) is 32.5 Å². The molecule has 90 valence electrons. The standard InChI is InChI=1S/C13H28N2/c1-11(2)9-14-6-5-7-15(4)10-13-8-12(13)3/h11-14H,5-10H2,1-4H3. The van der Waals surface area contributed by atoms with Gasteiger partial charge in [-0.2, -0.15) is 0 Å². The molecule has 1 aliphatic carbocycles. The van der Waals surface area contributed by atoms with Crippen molar-refractivity contribution >= 4 is 0 Å². The Hall–Kier alpha value is -0.0800. The summed E-state index contributed by atoms with van der Waals surface area (Å²) < 4.78 is 0. The highest BCUT2D eigenvalue weighted by molar-refractivity contribution is 4.84. The van der Waals surface area contributed by atoms with Gasteiger partial charge in [-0.25, -0.2) is 0 Å². The van der Waals surface area contributed by atoms with Crippen molar-refractivity contribution in [2.75, 3.05) is 33.2 Å². The van der Waals surface area contributed by atoms with Gasteiger partial charge in [0.1, 0.15) is 0 Å². The lowest BCUT2D eigenvalue weighted by Crippen LogP contribution is -2.27. The van der Waals surface area contributed by atoms with Crippen LogP contribution in [0.25, 0.3) is 0 Å². The largest absolute Gasteiger partial charge is 0.316 e. The molecule has 2 unspecified atom stereocenters. The van der Waals surface area contributed by atoms with Gasteiger partial charge in [0.05, 0.1) is 0 Å². The third-order valence-corrected chi connectivity index (χ3v) is 3.27. The Labute approximate surface area is 95.4 Å². The van der Waals surface area contributed by atoms with Gasteiger partial charge in [-0.3, -0.25) is 0 Å². The quantitative estimate of drug-likeness (QED) is 0.621. The van der Waals surface area contributed by atoms with E-state index in [1.54, 1.807) is 0 Å². The predicted octanol–water partition coefficient (Wildman–Crippen LogP) is 2.21. The average Bonchev–Trinajstić information content (AvgIpc) is 2.80. The van der Waals surface area contributed by atoms with Crippen LogP contribution in [-0.4, -0.2) is 38.1 Å². The summed E-state index contributed by atoms with van der Waals surface area (Å²) in [5.74, 6) is 2.76. The SMILES string of the molecule is CC(C)CNCCCN(C)CC1CC1C. The first-order valence-corrected chi connectivity index (χ1v) is 6.49. The molecule has 0 spiro atoms. The van der Waals surface area contributed by atoms with Crippen molar-refractivity contribution in [3.63, 3.8) is 0 Å². The maximum absolute atomic E-state index is 3.49. The van der Waals surface area contributed by atoms with E-state index in [9.17, 15) is 0 Å². The maximum Gasteiger partial charge on any atom is 0.000927 e. The Balaban J connectivity index is 1.86. The number of hydrogen-bond donors (Lipinski definition) is 1. The molecule has 1 saturated carbocycles. The van der Waals surface area contributed by atoms with Gasteiger partial charge in [0, 0.05) is 6.54 Å². The molecule has 0 bridgehead atoms. The van der Waals surface area contributed by atoms with E-state index in [0.717, 1.165) is 24.3 Å². The van der Waals surface area contributed by atoms with Crippen molar-refractivity contribution in [1.82, 2.24) is 10.2 Å². The average molecular weight is 212 g/mol. The van der Waals surface area contributed by atoms with Gasteiger partial charge in [-0.05, 0) is 57.3 Å². The molecule has 1 fully saturated rings. The van der Waals surface area contributed by atoms with Gasteiger partial charge in [-0.1, -0.05) is 20.8 Å². The number of hydrogen-bond acceptors (Lipinski definition) is 2. The molecule has 0 aromatic rings. The summed E-state index contributed by atoms with van der Waals surface area (Å²) >= 11 is 0. The molecule has 0 aliphatic heterocycles. The van der Waals surface area contributed by atoms with Crippen LogP contribution < -0.4 is 5.32 Å². The molecule has 0 aromatic heterocycles. The first-order chi connectivity index (χ1) is 7.09. The van der Waals surface area contributed by atoms with Crippen molar-refractivity contribution in [2.45, 2.75) is 33.6 Å². The summed E-state index contributed by atoms with van der Waals surface area (Å²) in [4.78, 5) is 2.49. The molecule has 2 atom stereocenters. The summed E-state index contributed by atoms with van der Waals surface area (Å²) in [7, 11) is 2.26. The van der Waals surface area contributed by atoms with Crippen molar-refractivity contribution < 1.29 is 0 Å². The monoisotopic (exact) mass is 212 g/mol. The Bertz CT molecular complexity index is 168. The Morgan fingerprint density at radius 3 is 2.60 bits per heavy atom. The van der Waals surface area contributed by atoms with Crippen LogP contribution in [0, 0.1) is 17.8 Å². The maximum atomic E-state index is 3.49. The summed E-state index contributed by atoms with van der Waals surface area (Å²) in [6, 6.07) is 0. The minimum absolute atomic E-state index is 0.773. The second-order valence-electron chi connectivity index (χ2n) is 5.69. The van der Waals surface area contributed by atoms with E-state index in [1.807, 2.05) is 0 Å². The lowest BCUT2D eigenvalue weighted by Gasteiger charge is -2.16. The summed E-state index contributed by atoms with van der Waals surface area (Å²) in [5.41, 5.74) is 0. The molecule has 0 radical (unpaired) electrons. The zero-order valence-electron chi connectivity index (χ0n) is 10.9. The third-order valence-electron chi connectivity index (χ3n) is 3.27. The molecule has 0 heterocycles. The van der Waals surface area contributed by atoms with Crippen LogP contribution in [0.4, 0.5) is 0 Å². The van der Waals surface area contributed by atoms with Gasteiger partial charge >= 0.3 is 0 Å². The second kappa shape index (κ2) is 6.49. The Morgan fingerprint density at radius 1 is 1.40 bits per heavy atom. The normalized spacial score (nSPS) is 25.2. The first kappa shape index (κ1) is 13.0. The molecule has 1 N–H and O–H groups in total. The smallest absolute Gasteiger partial charge is 0.000927 e. The van der Waals surface area contributed by atoms with Gasteiger partial charge in [0.25, 0.3) is 0 Å². The molecular weight excluding hydrogens is 184 g/mol. The first-order valence-electron chi connectivity index (χ1n) is 6.49. The molecule has 0 amide bonds. The van der Waals surface area contributed by atoms with Crippen LogP contribution in [0.2, 0.25) is 0 Å². The van der Waals surface area contributed by atoms with Crippen LogP contribution in [0.15, 0.2) is 0 Å². The lowest BCUT2D eigenvalue weighted by atomic mass is 10.2. The van der Waals surface area contributed by atoms with E-state index >= 15 is 0 Å². The van der Waals surface area contributed by atoms with Crippen LogP contribution in [0.3, 0.4) is 0 Å². The Morgan fingerprint density at radius 2 is 2.07 bits per heavy atom. The van der Waals surface area contributed by atoms with Crippen LogP contribution >= 0.6 is 0 Å². The highest BCUT2D eigenvalue weighted by Crippen LogP contribution is 2.37. The molecule has 2 nitrogen and oxygen atoms in total. The molecule has 1 aliphatic rings. The number of nitrogens with one attached hydrogen (secondary N) is 1. The minimum Gasteiger partial charge on any atom is -0.316 e. The van der Waals surface area contributed by atoms with E-state index in [4.69, 9.17) is 0 Å². The Kier molecular flexibility index (Phi) is 5.62. The van der Waals surface area contributed by atoms with Crippen LogP contribution in [-0.2, 0) is 0 Å². The van der Waals surface area contributed by atoms with E-state index in [0.29, 0.717) is 0 Å². The van der Waals surface area contributed by atoms with Gasteiger partial charge in [-0.15, -0.1) is 0 Å². The molecule has 0 aromatic carbocycles. The summed E-state index contributed by atoms with van der Waals surface area (Å²) in [5, 5.41) is 3.49. The van der Waals surface area contributed by atoms with Crippen molar-refractivity contribution in [1.29, 1.82) is 0 Å². The highest BCUT2D eigenvalue weighted by atomic mass is 15.1. The number of rotatable bonds is 8. The van der Waals surface area contributed by atoms with Gasteiger partial charge in [0.15, 0.2) is 0 Å². The fourth-order valence-electron chi connectivity index (χ4n) is 2.01. The second-order valence-corrected chi connectivity index (χ2v) is 5.69. The predicted molar refractivity (Wildman–Crippen MR) is 67.1 cm³/mol. The molecule has 15 heavy (non-hydrogen) atoms. The fourth-order valence-corrected chi connectivity index (χ4v) is 2.01. The fraction of sp³-hybridized carbons (Fsp3) is 1.00. The molecule has 2 heteroatoms. The van der Waals surface area contributed by atoms with Crippen LogP contribution in [0.5, 0.6) is 0 Å². The topological polar surface area (TPSA) is 15.3 Å². The molecular formula is C13H28N2. The van der Waals surface area contributed by atoms with Gasteiger partial charge < -0.3 is 10.2 Å². The minimum atomic E-state index is 0.773. The van der Waals surface area contributed by atoms with E-state index in [-0.39, 0.29) is 0 Å². The van der Waals surface area contributed by atoms with E-state index in [2.05, 4.69) is 38.0 Å². The molecule has 0 saturated heterocycles. The van der Waals surface area contributed by atoms with Crippen molar-refractivity contribution in [2.24, 2.45) is 17.8 Å². The van der Waals surface area contributed by atoms with Gasteiger partial charge in [0.2, 0.25) is 0 Å². The zero-order chi connectivity index (χ0) is 11.3. The van der Waals surface area contributed by atoms with Crippen molar-refractivity contribution in [3.8, 4) is 0 Å². The summed E-state index contributed by atoms with van der Waals surface area (Å²) in [6.45, 7) is 11.8. The van der Waals surface area contributed by atoms with E-state index < -0.39 is 0 Å². The number of nitrogens with zero attached hydrogens (tertiary/aromatic N) is 1. The van der Waals surface area contributed by atoms with Crippen LogP contribution in [0.1, 0.15) is 33.6 Å². The van der Waals surface area contributed by atoms with Crippen molar-refractivity contribution in [3.05, 3.63) is 0 Å². The molecule has 1 rings (SSSR count).